The normalized spacial score (nSPS) is 16.5. The minimum absolute atomic E-state index is 0.280. The summed E-state index contributed by atoms with van der Waals surface area (Å²) in [6.45, 7) is 3.20. The van der Waals surface area contributed by atoms with E-state index < -0.39 is 15.6 Å². The van der Waals surface area contributed by atoms with Crippen molar-refractivity contribution in [3.05, 3.63) is 59.9 Å². The first-order chi connectivity index (χ1) is 12.9. The highest BCUT2D eigenvalue weighted by Crippen LogP contribution is 2.29. The van der Waals surface area contributed by atoms with E-state index in [9.17, 15) is 21.6 Å². The number of nitrogens with zero attached hydrogens (tertiary/aromatic N) is 2. The molecule has 146 valence electrons. The summed E-state index contributed by atoms with van der Waals surface area (Å²) in [5.41, 5.74) is 1.31. The third-order valence-electron chi connectivity index (χ3n) is 4.65. The summed E-state index contributed by atoms with van der Waals surface area (Å²) in [5, 5.41) is 0. The summed E-state index contributed by atoms with van der Waals surface area (Å²) in [6, 6.07) is 12.2. The lowest BCUT2D eigenvalue weighted by molar-refractivity contribution is 0.235. The van der Waals surface area contributed by atoms with Crippen molar-refractivity contribution in [2.24, 2.45) is 0 Å². The highest BCUT2D eigenvalue weighted by Gasteiger charge is 2.31. The average molecular weight is 398 g/mol. The molecule has 0 aromatic heterocycles. The number of benzene rings is 2. The van der Waals surface area contributed by atoms with Crippen molar-refractivity contribution in [1.29, 1.82) is 0 Å². The molecule has 0 N–H and O–H groups in total. The van der Waals surface area contributed by atoms with Gasteiger partial charge in [0.05, 0.1) is 10.6 Å². The van der Waals surface area contributed by atoms with Crippen molar-refractivity contribution in [3.8, 4) is 0 Å². The fraction of sp³-hybridized carbons (Fsp3) is 0.368. The summed E-state index contributed by atoms with van der Waals surface area (Å²) < 4.78 is 63.1. The molecule has 1 fully saturated rings. The van der Waals surface area contributed by atoms with Crippen LogP contribution < -0.4 is 4.90 Å². The van der Waals surface area contributed by atoms with Gasteiger partial charge in [0.2, 0.25) is 9.84 Å². The second-order valence-corrected chi connectivity index (χ2v) is 8.40. The Balaban J connectivity index is 1.74. The van der Waals surface area contributed by atoms with Crippen LogP contribution >= 0.6 is 0 Å². The largest absolute Gasteiger partial charge is 0.369 e. The molecule has 0 aliphatic carbocycles. The highest BCUT2D eigenvalue weighted by atomic mass is 32.2. The second-order valence-electron chi connectivity index (χ2n) is 6.52. The Hall–Kier alpha value is -2.06. The minimum atomic E-state index is -4.66. The third-order valence-corrected chi connectivity index (χ3v) is 6.08. The van der Waals surface area contributed by atoms with Crippen LogP contribution in [0, 0.1) is 5.82 Å². The lowest BCUT2D eigenvalue weighted by atomic mass is 10.2. The van der Waals surface area contributed by atoms with Gasteiger partial charge in [-0.15, -0.1) is 0 Å². The van der Waals surface area contributed by atoms with E-state index in [1.165, 1.54) is 24.3 Å². The molecule has 1 heterocycles. The Labute approximate surface area is 157 Å². The van der Waals surface area contributed by atoms with Crippen LogP contribution in [0.3, 0.4) is 0 Å². The molecule has 27 heavy (non-hydrogen) atoms. The van der Waals surface area contributed by atoms with E-state index >= 15 is 0 Å². The Morgan fingerprint density at radius 1 is 0.926 bits per heavy atom. The van der Waals surface area contributed by atoms with E-state index in [0.717, 1.165) is 18.5 Å². The van der Waals surface area contributed by atoms with Gasteiger partial charge in [0, 0.05) is 32.7 Å². The number of hydrogen-bond acceptors (Lipinski definition) is 4. The molecule has 3 rings (SSSR count). The van der Waals surface area contributed by atoms with Gasteiger partial charge in [-0.25, -0.2) is 12.8 Å². The molecule has 0 spiro atoms. The van der Waals surface area contributed by atoms with Gasteiger partial charge in [-0.1, -0.05) is 24.3 Å². The molecule has 2 aromatic carbocycles. The van der Waals surface area contributed by atoms with Gasteiger partial charge >= 0.3 is 5.76 Å². The fourth-order valence-corrected chi connectivity index (χ4v) is 4.22. The zero-order valence-corrected chi connectivity index (χ0v) is 15.5. The molecule has 0 bridgehead atoms. The molecule has 0 radical (unpaired) electrons. The summed E-state index contributed by atoms with van der Waals surface area (Å²) >= 11 is 0. The number of alkyl halides is 2. The molecule has 0 atom stereocenters. The molecule has 8 heteroatoms. The lowest BCUT2D eigenvalue weighted by Gasteiger charge is -2.25. The van der Waals surface area contributed by atoms with Gasteiger partial charge in [0.15, 0.2) is 0 Å². The molecule has 0 amide bonds. The highest BCUT2D eigenvalue weighted by molar-refractivity contribution is 7.91. The Kier molecular flexibility index (Phi) is 6.06. The maximum Gasteiger partial charge on any atom is 0.341 e. The van der Waals surface area contributed by atoms with Crippen LogP contribution in [-0.4, -0.2) is 45.3 Å². The average Bonchev–Trinajstić information content (AvgIpc) is 2.89. The van der Waals surface area contributed by atoms with Crippen LogP contribution in [0.1, 0.15) is 12.0 Å². The number of rotatable bonds is 5. The molecule has 0 unspecified atom stereocenters. The standard InChI is InChI=1S/C19H21F3N2O2S/c20-16-8-6-15(7-9-16)14-23-10-3-11-24(13-12-23)17-4-1-2-5-18(17)27(25,26)19(21)22/h1-2,4-9,19H,3,10-14H2. The van der Waals surface area contributed by atoms with Crippen molar-refractivity contribution in [2.75, 3.05) is 31.1 Å². The third kappa shape index (κ3) is 4.62. The summed E-state index contributed by atoms with van der Waals surface area (Å²) in [4.78, 5) is 3.71. The van der Waals surface area contributed by atoms with Crippen LogP contribution in [0.4, 0.5) is 18.9 Å². The topological polar surface area (TPSA) is 40.6 Å². The van der Waals surface area contributed by atoms with E-state index in [-0.39, 0.29) is 10.7 Å². The zero-order chi connectivity index (χ0) is 19.4. The fourth-order valence-electron chi connectivity index (χ4n) is 3.27. The predicted octanol–water partition coefficient (Wildman–Crippen LogP) is 3.53. The van der Waals surface area contributed by atoms with Gasteiger partial charge in [0.25, 0.3) is 0 Å². The summed E-state index contributed by atoms with van der Waals surface area (Å²) in [7, 11) is -4.66. The number of halogens is 3. The van der Waals surface area contributed by atoms with Gasteiger partial charge < -0.3 is 4.90 Å². The maximum atomic E-state index is 13.0. The molecule has 2 aromatic rings. The summed E-state index contributed by atoms with van der Waals surface area (Å²) in [5.74, 6) is -3.72. The van der Waals surface area contributed by atoms with Crippen LogP contribution in [0.15, 0.2) is 53.4 Å². The second kappa shape index (κ2) is 8.31. The molecule has 1 aliphatic rings. The van der Waals surface area contributed by atoms with E-state index in [4.69, 9.17) is 0 Å². The predicted molar refractivity (Wildman–Crippen MR) is 98.1 cm³/mol. The van der Waals surface area contributed by atoms with E-state index in [2.05, 4.69) is 4.90 Å². The van der Waals surface area contributed by atoms with E-state index in [1.54, 1.807) is 24.3 Å². The first-order valence-corrected chi connectivity index (χ1v) is 10.3. The van der Waals surface area contributed by atoms with Crippen molar-refractivity contribution < 1.29 is 21.6 Å². The molecule has 4 nitrogen and oxygen atoms in total. The quantitative estimate of drug-likeness (QED) is 0.773. The van der Waals surface area contributed by atoms with Crippen molar-refractivity contribution >= 4 is 15.5 Å². The van der Waals surface area contributed by atoms with Crippen molar-refractivity contribution in [2.45, 2.75) is 23.6 Å². The minimum Gasteiger partial charge on any atom is -0.369 e. The number of para-hydroxylation sites is 1. The molecular formula is C19H21F3N2O2S. The molecule has 0 saturated carbocycles. The van der Waals surface area contributed by atoms with E-state index in [0.29, 0.717) is 31.9 Å². The zero-order valence-electron chi connectivity index (χ0n) is 14.7. The Morgan fingerprint density at radius 2 is 1.63 bits per heavy atom. The van der Waals surface area contributed by atoms with E-state index in [1.807, 2.05) is 4.90 Å². The van der Waals surface area contributed by atoms with Gasteiger partial charge in [-0.2, -0.15) is 8.78 Å². The SMILES string of the molecule is O=S(=O)(c1ccccc1N1CCCN(Cc2ccc(F)cc2)CC1)C(F)F. The molecule has 1 aliphatic heterocycles. The monoisotopic (exact) mass is 398 g/mol. The Bertz CT molecular complexity index is 873. The Morgan fingerprint density at radius 3 is 2.33 bits per heavy atom. The van der Waals surface area contributed by atoms with Crippen LogP contribution in [0.2, 0.25) is 0 Å². The van der Waals surface area contributed by atoms with Gasteiger partial charge in [-0.3, -0.25) is 4.90 Å². The lowest BCUT2D eigenvalue weighted by Crippen LogP contribution is -2.31. The first kappa shape index (κ1) is 19.7. The van der Waals surface area contributed by atoms with Crippen molar-refractivity contribution in [1.82, 2.24) is 4.90 Å². The molecular weight excluding hydrogens is 377 g/mol. The van der Waals surface area contributed by atoms with Crippen LogP contribution in [0.25, 0.3) is 0 Å². The van der Waals surface area contributed by atoms with Crippen LogP contribution in [-0.2, 0) is 16.4 Å². The maximum absolute atomic E-state index is 13.0. The first-order valence-electron chi connectivity index (χ1n) is 8.71. The van der Waals surface area contributed by atoms with Crippen molar-refractivity contribution in [3.63, 3.8) is 0 Å². The van der Waals surface area contributed by atoms with Gasteiger partial charge in [0.1, 0.15) is 5.82 Å². The smallest absolute Gasteiger partial charge is 0.341 e. The number of hydrogen-bond donors (Lipinski definition) is 0. The summed E-state index contributed by atoms with van der Waals surface area (Å²) in [6.07, 6.45) is 0.768. The molecule has 1 saturated heterocycles. The number of sulfone groups is 1. The van der Waals surface area contributed by atoms with Gasteiger partial charge in [-0.05, 0) is 36.2 Å². The van der Waals surface area contributed by atoms with Crippen LogP contribution in [0.5, 0.6) is 0 Å². The number of anilines is 1.